The lowest BCUT2D eigenvalue weighted by molar-refractivity contribution is 0.225. The molecule has 1 heteroatoms. The fourth-order valence-electron chi connectivity index (χ4n) is 1.92. The van der Waals surface area contributed by atoms with Gasteiger partial charge in [-0.15, -0.1) is 0 Å². The van der Waals surface area contributed by atoms with Crippen LogP contribution in [0.5, 0.6) is 0 Å². The van der Waals surface area contributed by atoms with Gasteiger partial charge in [0.15, 0.2) is 0 Å². The van der Waals surface area contributed by atoms with Crippen molar-refractivity contribution in [2.45, 2.75) is 66.2 Å². The van der Waals surface area contributed by atoms with Crippen LogP contribution in [0.3, 0.4) is 0 Å². The Kier molecular flexibility index (Phi) is 9.18. The smallest absolute Gasteiger partial charge is 0.0456 e. The Morgan fingerprint density at radius 1 is 0.733 bits per heavy atom. The lowest BCUT2D eigenvalue weighted by atomic mass is 9.94. The van der Waals surface area contributed by atoms with Crippen LogP contribution in [0.1, 0.15) is 66.2 Å². The van der Waals surface area contributed by atoms with Gasteiger partial charge in [0.25, 0.3) is 0 Å². The van der Waals surface area contributed by atoms with E-state index < -0.39 is 0 Å². The van der Waals surface area contributed by atoms with E-state index in [4.69, 9.17) is 5.11 Å². The van der Waals surface area contributed by atoms with Gasteiger partial charge in [-0.25, -0.2) is 0 Å². The van der Waals surface area contributed by atoms with E-state index in [9.17, 15) is 0 Å². The monoisotopic (exact) mass is 214 g/mol. The van der Waals surface area contributed by atoms with Gasteiger partial charge >= 0.3 is 0 Å². The summed E-state index contributed by atoms with van der Waals surface area (Å²) in [6, 6.07) is 0. The molecule has 15 heavy (non-hydrogen) atoms. The van der Waals surface area contributed by atoms with Crippen LogP contribution < -0.4 is 0 Å². The predicted octanol–water partition coefficient (Wildman–Crippen LogP) is 4.25. The van der Waals surface area contributed by atoms with E-state index in [-0.39, 0.29) is 0 Å². The number of rotatable bonds is 9. The van der Waals surface area contributed by atoms with E-state index in [0.717, 1.165) is 11.8 Å². The van der Waals surface area contributed by atoms with Crippen molar-refractivity contribution in [3.05, 3.63) is 0 Å². The summed E-state index contributed by atoms with van der Waals surface area (Å²) in [5.74, 6) is 2.22. The zero-order valence-electron chi connectivity index (χ0n) is 11.1. The number of hydrogen-bond donors (Lipinski definition) is 1. The van der Waals surface area contributed by atoms with Crippen LogP contribution in [0.15, 0.2) is 0 Å². The van der Waals surface area contributed by atoms with Crippen LogP contribution in [0, 0.1) is 17.8 Å². The summed E-state index contributed by atoms with van der Waals surface area (Å²) in [4.78, 5) is 0. The van der Waals surface area contributed by atoms with Crippen molar-refractivity contribution in [3.8, 4) is 0 Å². The highest BCUT2D eigenvalue weighted by molar-refractivity contribution is 4.58. The fourth-order valence-corrected chi connectivity index (χ4v) is 1.92. The molecule has 0 heterocycles. The molecule has 2 atom stereocenters. The summed E-state index contributed by atoms with van der Waals surface area (Å²) in [7, 11) is 0. The van der Waals surface area contributed by atoms with Gasteiger partial charge in [-0.2, -0.15) is 0 Å². The van der Waals surface area contributed by atoms with Gasteiger partial charge in [-0.1, -0.05) is 59.8 Å². The topological polar surface area (TPSA) is 20.2 Å². The minimum absolute atomic E-state index is 0.349. The second kappa shape index (κ2) is 9.21. The molecular formula is C14H30O. The van der Waals surface area contributed by atoms with Crippen LogP contribution in [-0.4, -0.2) is 11.7 Å². The second-order valence-corrected chi connectivity index (χ2v) is 5.65. The molecule has 0 rings (SSSR count). The first-order valence-electron chi connectivity index (χ1n) is 6.67. The molecule has 1 N–H and O–H groups in total. The quantitative estimate of drug-likeness (QED) is 0.608. The summed E-state index contributed by atoms with van der Waals surface area (Å²) >= 11 is 0. The van der Waals surface area contributed by atoms with E-state index >= 15 is 0 Å². The average molecular weight is 214 g/mol. The Balaban J connectivity index is 3.29. The van der Waals surface area contributed by atoms with Crippen molar-refractivity contribution in [3.63, 3.8) is 0 Å². The lowest BCUT2D eigenvalue weighted by Gasteiger charge is -2.13. The average Bonchev–Trinajstić information content (AvgIpc) is 2.17. The van der Waals surface area contributed by atoms with Gasteiger partial charge in [0, 0.05) is 6.61 Å². The molecule has 0 aliphatic carbocycles. The molecule has 0 aliphatic rings. The van der Waals surface area contributed by atoms with Crippen LogP contribution in [-0.2, 0) is 0 Å². The fraction of sp³-hybridized carbons (Fsp3) is 1.00. The first-order chi connectivity index (χ1) is 7.06. The molecule has 0 unspecified atom stereocenters. The van der Waals surface area contributed by atoms with Crippen molar-refractivity contribution in [1.29, 1.82) is 0 Å². The van der Waals surface area contributed by atoms with Crippen LogP contribution >= 0.6 is 0 Å². The van der Waals surface area contributed by atoms with Crippen molar-refractivity contribution < 1.29 is 5.11 Å². The largest absolute Gasteiger partial charge is 0.396 e. The van der Waals surface area contributed by atoms with E-state index in [0.29, 0.717) is 12.5 Å². The molecule has 0 aromatic carbocycles. The van der Waals surface area contributed by atoms with Crippen LogP contribution in [0.2, 0.25) is 0 Å². The molecule has 92 valence electrons. The zero-order chi connectivity index (χ0) is 11.7. The maximum absolute atomic E-state index is 8.90. The molecule has 0 saturated heterocycles. The van der Waals surface area contributed by atoms with Gasteiger partial charge < -0.3 is 5.11 Å². The summed E-state index contributed by atoms with van der Waals surface area (Å²) < 4.78 is 0. The van der Waals surface area contributed by atoms with Gasteiger partial charge in [0.2, 0.25) is 0 Å². The van der Waals surface area contributed by atoms with Gasteiger partial charge in [0.05, 0.1) is 0 Å². The molecule has 0 radical (unpaired) electrons. The molecule has 0 amide bonds. The Bertz CT molecular complexity index is 131. The van der Waals surface area contributed by atoms with Gasteiger partial charge in [-0.05, 0) is 24.2 Å². The Morgan fingerprint density at radius 2 is 1.20 bits per heavy atom. The highest BCUT2D eigenvalue weighted by Gasteiger charge is 2.05. The number of hydrogen-bond acceptors (Lipinski definition) is 1. The third-order valence-corrected chi connectivity index (χ3v) is 3.18. The Labute approximate surface area is 96.3 Å². The molecular weight excluding hydrogens is 184 g/mol. The van der Waals surface area contributed by atoms with Crippen molar-refractivity contribution in [2.75, 3.05) is 6.61 Å². The van der Waals surface area contributed by atoms with E-state index in [1.807, 2.05) is 0 Å². The van der Waals surface area contributed by atoms with E-state index in [1.54, 1.807) is 0 Å². The Hall–Kier alpha value is -0.0400. The van der Waals surface area contributed by atoms with Crippen molar-refractivity contribution >= 4 is 0 Å². The summed E-state index contributed by atoms with van der Waals surface area (Å²) in [5, 5.41) is 8.90. The molecule has 0 bridgehead atoms. The Morgan fingerprint density at radius 3 is 1.67 bits per heavy atom. The van der Waals surface area contributed by atoms with Crippen LogP contribution in [0.4, 0.5) is 0 Å². The third-order valence-electron chi connectivity index (χ3n) is 3.18. The second-order valence-electron chi connectivity index (χ2n) is 5.65. The first kappa shape index (κ1) is 15.0. The van der Waals surface area contributed by atoms with Gasteiger partial charge in [0.1, 0.15) is 0 Å². The standard InChI is InChI=1S/C14H30O/c1-12(2)7-5-8-13(3)9-6-10-14(4)11-15/h12-15H,5-11H2,1-4H3/t13-,14-/m1/s1. The minimum Gasteiger partial charge on any atom is -0.396 e. The van der Waals surface area contributed by atoms with Crippen LogP contribution in [0.25, 0.3) is 0 Å². The molecule has 0 aromatic heterocycles. The third kappa shape index (κ3) is 10.2. The maximum Gasteiger partial charge on any atom is 0.0456 e. The molecule has 0 fully saturated rings. The van der Waals surface area contributed by atoms with Crippen molar-refractivity contribution in [1.82, 2.24) is 0 Å². The molecule has 0 aromatic rings. The SMILES string of the molecule is CC(C)CCC[C@@H](C)CCC[C@@H](C)CO. The number of aliphatic hydroxyl groups is 1. The highest BCUT2D eigenvalue weighted by atomic mass is 16.3. The highest BCUT2D eigenvalue weighted by Crippen LogP contribution is 2.18. The first-order valence-corrected chi connectivity index (χ1v) is 6.67. The normalized spacial score (nSPS) is 15.6. The molecule has 0 saturated carbocycles. The maximum atomic E-state index is 8.90. The molecule has 1 nitrogen and oxygen atoms in total. The lowest BCUT2D eigenvalue weighted by Crippen LogP contribution is -2.02. The summed E-state index contributed by atoms with van der Waals surface area (Å²) in [5.41, 5.74) is 0. The zero-order valence-corrected chi connectivity index (χ0v) is 11.1. The predicted molar refractivity (Wildman–Crippen MR) is 68.0 cm³/mol. The van der Waals surface area contributed by atoms with E-state index in [2.05, 4.69) is 27.7 Å². The molecule has 0 spiro atoms. The molecule has 0 aliphatic heterocycles. The summed E-state index contributed by atoms with van der Waals surface area (Å²) in [6.45, 7) is 9.44. The van der Waals surface area contributed by atoms with E-state index in [1.165, 1.54) is 38.5 Å². The van der Waals surface area contributed by atoms with Crippen molar-refractivity contribution in [2.24, 2.45) is 17.8 Å². The van der Waals surface area contributed by atoms with Gasteiger partial charge in [-0.3, -0.25) is 0 Å². The summed E-state index contributed by atoms with van der Waals surface area (Å²) in [6.07, 6.45) is 7.94. The number of aliphatic hydroxyl groups excluding tert-OH is 1. The minimum atomic E-state index is 0.349.